The molecule has 260 valence electrons. The van der Waals surface area contributed by atoms with Gasteiger partial charge in [-0.2, -0.15) is 0 Å². The molecule has 0 atom stereocenters. The Morgan fingerprint density at radius 3 is 1.23 bits per heavy atom. The van der Waals surface area contributed by atoms with E-state index in [0.717, 1.165) is 55.2 Å². The number of fused-ring (bicyclic) bond motifs is 11. The number of aromatic nitrogens is 3. The third-order valence-corrected chi connectivity index (χ3v) is 10.6. The maximum Gasteiger partial charge on any atom is 0.157 e. The Hall–Kier alpha value is -5.94. The van der Waals surface area contributed by atoms with Crippen molar-refractivity contribution in [3.63, 3.8) is 0 Å². The first-order chi connectivity index (χ1) is 25.3. The average molecular weight is 696 g/mol. The maximum atomic E-state index is 17.0. The fraction of sp³-hybridized carbons (Fsp3) is 0.167. The van der Waals surface area contributed by atoms with Crippen LogP contribution < -0.4 is 0 Å². The second-order valence-electron chi connectivity index (χ2n) is 16.3. The van der Waals surface area contributed by atoms with Gasteiger partial charge in [0.05, 0.1) is 22.4 Å². The molecule has 3 nitrogen and oxygen atoms in total. The van der Waals surface area contributed by atoms with Crippen LogP contribution in [0.15, 0.2) is 121 Å². The molecule has 0 unspecified atom stereocenters. The number of aromatic amines is 1. The highest BCUT2D eigenvalue weighted by Crippen LogP contribution is 2.45. The molecule has 0 saturated heterocycles. The van der Waals surface area contributed by atoms with E-state index < -0.39 is 11.6 Å². The van der Waals surface area contributed by atoms with E-state index in [2.05, 4.69) is 70.8 Å². The van der Waals surface area contributed by atoms with E-state index >= 15 is 8.78 Å². The largest absolute Gasteiger partial charge is 0.353 e. The number of hydrogen-bond acceptors (Lipinski definition) is 2. The third-order valence-electron chi connectivity index (χ3n) is 10.6. The minimum atomic E-state index is -0.437. The highest BCUT2D eigenvalue weighted by molar-refractivity contribution is 6.16. The number of nitrogens with one attached hydrogen (secondary N) is 1. The van der Waals surface area contributed by atoms with Gasteiger partial charge in [0.25, 0.3) is 0 Å². The van der Waals surface area contributed by atoms with Gasteiger partial charge in [0, 0.05) is 44.2 Å². The Kier molecular flexibility index (Phi) is 7.33. The molecule has 3 aromatic heterocycles. The smallest absolute Gasteiger partial charge is 0.157 e. The minimum Gasteiger partial charge on any atom is -0.353 e. The number of pyridine rings is 2. The van der Waals surface area contributed by atoms with E-state index in [1.165, 1.54) is 0 Å². The van der Waals surface area contributed by atoms with Crippen LogP contribution in [0.4, 0.5) is 8.78 Å². The van der Waals surface area contributed by atoms with E-state index in [9.17, 15) is 0 Å². The molecular weight excluding hydrogens is 657 g/mol. The molecule has 0 fully saturated rings. The molecule has 1 aliphatic heterocycles. The second kappa shape index (κ2) is 11.8. The maximum absolute atomic E-state index is 17.0. The molecule has 4 heterocycles. The summed E-state index contributed by atoms with van der Waals surface area (Å²) < 4.78 is 34.0. The summed E-state index contributed by atoms with van der Waals surface area (Å²) in [5, 5.41) is 2.09. The molecule has 8 aromatic rings. The van der Waals surface area contributed by atoms with Crippen LogP contribution in [0.3, 0.4) is 0 Å². The molecule has 1 N–H and O–H groups in total. The van der Waals surface area contributed by atoms with Crippen molar-refractivity contribution in [1.82, 2.24) is 15.0 Å². The van der Waals surface area contributed by atoms with Gasteiger partial charge in [0.2, 0.25) is 0 Å². The Balaban J connectivity index is 1.52. The van der Waals surface area contributed by atoms with E-state index in [1.807, 2.05) is 97.1 Å². The summed E-state index contributed by atoms with van der Waals surface area (Å²) in [6.07, 6.45) is 0. The normalized spacial score (nSPS) is 12.5. The van der Waals surface area contributed by atoms with Crippen molar-refractivity contribution < 1.29 is 8.78 Å². The van der Waals surface area contributed by atoms with Gasteiger partial charge in [-0.1, -0.05) is 120 Å². The van der Waals surface area contributed by atoms with Gasteiger partial charge in [-0.25, -0.2) is 18.7 Å². The Bertz CT molecular complexity index is 2560. The number of H-pyrrole nitrogens is 1. The lowest BCUT2D eigenvalue weighted by molar-refractivity contribution is 0.590. The van der Waals surface area contributed by atoms with Gasteiger partial charge in [-0.15, -0.1) is 0 Å². The Labute approximate surface area is 308 Å². The van der Waals surface area contributed by atoms with Gasteiger partial charge in [-0.05, 0) is 75.5 Å². The topological polar surface area (TPSA) is 41.6 Å². The van der Waals surface area contributed by atoms with Gasteiger partial charge in [-0.3, -0.25) is 0 Å². The number of hydrogen-bond donors (Lipinski definition) is 1. The Morgan fingerprint density at radius 2 is 0.830 bits per heavy atom. The molecule has 0 amide bonds. The van der Waals surface area contributed by atoms with Crippen LogP contribution in [0, 0.1) is 11.6 Å². The van der Waals surface area contributed by atoms with Crippen molar-refractivity contribution in [1.29, 1.82) is 0 Å². The lowest BCUT2D eigenvalue weighted by atomic mass is 9.83. The van der Waals surface area contributed by atoms with Crippen LogP contribution in [0.5, 0.6) is 0 Å². The summed E-state index contributed by atoms with van der Waals surface area (Å²) in [6, 6.07) is 39.2. The van der Waals surface area contributed by atoms with E-state index in [0.29, 0.717) is 33.6 Å². The van der Waals surface area contributed by atoms with Crippen LogP contribution in [0.25, 0.3) is 89.1 Å². The van der Waals surface area contributed by atoms with Gasteiger partial charge < -0.3 is 4.98 Å². The van der Waals surface area contributed by atoms with E-state index in [4.69, 9.17) is 9.97 Å². The summed E-state index contributed by atoms with van der Waals surface area (Å²) in [5.41, 5.74) is 10.6. The molecule has 1 aliphatic rings. The van der Waals surface area contributed by atoms with Crippen molar-refractivity contribution in [2.24, 2.45) is 0 Å². The summed E-state index contributed by atoms with van der Waals surface area (Å²) >= 11 is 0. The van der Waals surface area contributed by atoms with Crippen LogP contribution in [0.2, 0.25) is 0 Å². The monoisotopic (exact) mass is 695 g/mol. The summed E-state index contributed by atoms with van der Waals surface area (Å²) in [7, 11) is 0. The SMILES string of the molecule is CC(C)(C)c1cc2c3[nH]c4c(cc(C(C)(C)C)cc4c3c1)-c1cc(-c3ccccc3)c(F)c(n1)-c1cccc(c1)-c1nc-2cc(-c2ccccc2)c1F. The lowest BCUT2D eigenvalue weighted by Crippen LogP contribution is -2.11. The molecule has 53 heavy (non-hydrogen) atoms. The molecule has 5 aromatic carbocycles. The molecular formula is C48H39F2N3. The lowest BCUT2D eigenvalue weighted by Gasteiger charge is -2.22. The molecule has 0 aliphatic carbocycles. The molecule has 5 heteroatoms. The zero-order chi connectivity index (χ0) is 36.8. The van der Waals surface area contributed by atoms with Gasteiger partial charge >= 0.3 is 0 Å². The first-order valence-electron chi connectivity index (χ1n) is 18.1. The fourth-order valence-electron chi connectivity index (χ4n) is 7.56. The summed E-state index contributed by atoms with van der Waals surface area (Å²) in [4.78, 5) is 14.1. The van der Waals surface area contributed by atoms with Gasteiger partial charge in [0.1, 0.15) is 11.4 Å². The van der Waals surface area contributed by atoms with Crippen LogP contribution in [-0.2, 0) is 10.8 Å². The number of benzene rings is 5. The van der Waals surface area contributed by atoms with E-state index in [1.54, 1.807) is 0 Å². The van der Waals surface area contributed by atoms with E-state index in [-0.39, 0.29) is 22.2 Å². The standard InChI is InChI=1S/C48H39F2N3/c1-47(2,3)31-21-35-36-22-32(48(4,5)6)24-38-40-26-34(28-16-11-8-12-17-28)42(50)44(52-40)30-19-13-18-29(20-30)43-41(49)33(27-14-9-7-10-15-27)25-39(51-43)37(23-31)45(35)53-46(36)38/h7-26,53H,1-6H3. The number of halogens is 2. The van der Waals surface area contributed by atoms with Crippen molar-refractivity contribution in [3.05, 3.63) is 144 Å². The second-order valence-corrected chi connectivity index (χ2v) is 16.3. The van der Waals surface area contributed by atoms with Crippen molar-refractivity contribution in [3.8, 4) is 67.3 Å². The average Bonchev–Trinajstić information content (AvgIpc) is 3.53. The van der Waals surface area contributed by atoms with Crippen LogP contribution in [0.1, 0.15) is 52.7 Å². The highest BCUT2D eigenvalue weighted by Gasteiger charge is 2.27. The number of nitrogens with zero attached hydrogens (tertiary/aromatic N) is 2. The molecule has 0 saturated carbocycles. The molecule has 0 radical (unpaired) electrons. The third kappa shape index (κ3) is 5.45. The summed E-state index contributed by atoms with van der Waals surface area (Å²) in [5.74, 6) is -0.873. The zero-order valence-electron chi connectivity index (χ0n) is 30.7. The summed E-state index contributed by atoms with van der Waals surface area (Å²) in [6.45, 7) is 13.3. The molecule has 8 bridgehead atoms. The van der Waals surface area contributed by atoms with Crippen molar-refractivity contribution >= 4 is 21.8 Å². The quantitative estimate of drug-likeness (QED) is 0.196. The fourth-order valence-corrected chi connectivity index (χ4v) is 7.56. The molecule has 9 rings (SSSR count). The van der Waals surface area contributed by atoms with Gasteiger partial charge in [0.15, 0.2) is 11.6 Å². The number of rotatable bonds is 2. The first-order valence-corrected chi connectivity index (χ1v) is 18.1. The molecule has 0 spiro atoms. The van der Waals surface area contributed by atoms with Crippen molar-refractivity contribution in [2.75, 3.05) is 0 Å². The predicted octanol–water partition coefficient (Wildman–Crippen LogP) is 13.3. The highest BCUT2D eigenvalue weighted by atomic mass is 19.1. The predicted molar refractivity (Wildman–Crippen MR) is 215 cm³/mol. The van der Waals surface area contributed by atoms with Crippen LogP contribution in [-0.4, -0.2) is 15.0 Å². The zero-order valence-corrected chi connectivity index (χ0v) is 30.7. The van der Waals surface area contributed by atoms with Crippen molar-refractivity contribution in [2.45, 2.75) is 52.4 Å². The first kappa shape index (κ1) is 32.9. The Morgan fingerprint density at radius 1 is 0.434 bits per heavy atom. The van der Waals surface area contributed by atoms with Crippen LogP contribution >= 0.6 is 0 Å². The minimum absolute atomic E-state index is 0.196.